The minimum Gasteiger partial charge on any atom is -0.393 e. The molecule has 1 heterocycles. The van der Waals surface area contributed by atoms with Gasteiger partial charge in [-0.1, -0.05) is 6.08 Å². The molecule has 0 bridgehead atoms. The van der Waals surface area contributed by atoms with E-state index in [1.54, 1.807) is 13.2 Å². The van der Waals surface area contributed by atoms with Crippen molar-refractivity contribution in [1.82, 2.24) is 9.97 Å². The van der Waals surface area contributed by atoms with E-state index < -0.39 is 0 Å². The van der Waals surface area contributed by atoms with Crippen LogP contribution in [0.25, 0.3) is 0 Å². The molecule has 6 nitrogen and oxygen atoms in total. The third-order valence-electron chi connectivity index (χ3n) is 2.12. The standard InChI is InChI=1S/C11H19N5O/c1-3-5-13-10-9(12)11(16-8-15-10)14-6-4-7-17-2/h3,8H,1,4-7,12H2,2H3,(H2,13,14,15,16). The van der Waals surface area contributed by atoms with Crippen molar-refractivity contribution in [2.24, 2.45) is 0 Å². The molecule has 0 saturated heterocycles. The highest BCUT2D eigenvalue weighted by Gasteiger charge is 2.06. The Morgan fingerprint density at radius 1 is 1.41 bits per heavy atom. The number of nitrogens with zero attached hydrogens (tertiary/aromatic N) is 2. The van der Waals surface area contributed by atoms with Crippen LogP contribution < -0.4 is 16.4 Å². The molecule has 0 spiro atoms. The van der Waals surface area contributed by atoms with E-state index in [4.69, 9.17) is 10.5 Å². The average molecular weight is 237 g/mol. The molecule has 0 unspecified atom stereocenters. The van der Waals surface area contributed by atoms with Crippen molar-refractivity contribution in [2.75, 3.05) is 43.2 Å². The van der Waals surface area contributed by atoms with Gasteiger partial charge in [-0.3, -0.25) is 0 Å². The smallest absolute Gasteiger partial charge is 0.155 e. The van der Waals surface area contributed by atoms with Gasteiger partial charge in [0.15, 0.2) is 11.6 Å². The van der Waals surface area contributed by atoms with Gasteiger partial charge in [0.2, 0.25) is 0 Å². The summed E-state index contributed by atoms with van der Waals surface area (Å²) in [6, 6.07) is 0. The van der Waals surface area contributed by atoms with Crippen LogP contribution in [0.4, 0.5) is 17.3 Å². The molecule has 1 aromatic heterocycles. The van der Waals surface area contributed by atoms with Gasteiger partial charge in [-0.15, -0.1) is 6.58 Å². The third-order valence-corrected chi connectivity index (χ3v) is 2.12. The van der Waals surface area contributed by atoms with Crippen LogP contribution in [0, 0.1) is 0 Å². The largest absolute Gasteiger partial charge is 0.393 e. The number of methoxy groups -OCH3 is 1. The fraction of sp³-hybridized carbons (Fsp3) is 0.455. The van der Waals surface area contributed by atoms with Crippen LogP contribution in [0.3, 0.4) is 0 Å². The fourth-order valence-electron chi connectivity index (χ4n) is 1.27. The first-order valence-electron chi connectivity index (χ1n) is 5.47. The summed E-state index contributed by atoms with van der Waals surface area (Å²) >= 11 is 0. The lowest BCUT2D eigenvalue weighted by Gasteiger charge is -2.11. The molecule has 6 heteroatoms. The third kappa shape index (κ3) is 4.28. The molecule has 0 fully saturated rings. The van der Waals surface area contributed by atoms with Gasteiger partial charge in [0, 0.05) is 26.8 Å². The summed E-state index contributed by atoms with van der Waals surface area (Å²) in [5.74, 6) is 1.26. The number of anilines is 3. The second-order valence-corrected chi connectivity index (χ2v) is 3.43. The van der Waals surface area contributed by atoms with E-state index in [1.807, 2.05) is 0 Å². The van der Waals surface area contributed by atoms with E-state index >= 15 is 0 Å². The molecule has 0 saturated carbocycles. The van der Waals surface area contributed by atoms with Crippen molar-refractivity contribution in [2.45, 2.75) is 6.42 Å². The van der Waals surface area contributed by atoms with E-state index in [9.17, 15) is 0 Å². The maximum atomic E-state index is 5.92. The second-order valence-electron chi connectivity index (χ2n) is 3.43. The Labute approximate surface area is 101 Å². The van der Waals surface area contributed by atoms with Crippen molar-refractivity contribution >= 4 is 17.3 Å². The van der Waals surface area contributed by atoms with E-state index in [1.165, 1.54) is 6.33 Å². The first kappa shape index (κ1) is 13.2. The maximum Gasteiger partial charge on any atom is 0.155 e. The number of hydrogen-bond donors (Lipinski definition) is 3. The average Bonchev–Trinajstić information content (AvgIpc) is 2.35. The number of hydrogen-bond acceptors (Lipinski definition) is 6. The molecule has 0 aliphatic rings. The summed E-state index contributed by atoms with van der Waals surface area (Å²) in [5, 5.41) is 6.19. The molecule has 0 atom stereocenters. The SMILES string of the molecule is C=CCNc1ncnc(NCCCOC)c1N. The van der Waals surface area contributed by atoms with Gasteiger partial charge in [-0.25, -0.2) is 9.97 Å². The molecule has 0 aliphatic heterocycles. The minimum absolute atomic E-state index is 0.520. The normalized spacial score (nSPS) is 9.94. The van der Waals surface area contributed by atoms with Gasteiger partial charge in [0.1, 0.15) is 12.0 Å². The van der Waals surface area contributed by atoms with E-state index in [2.05, 4.69) is 27.2 Å². The zero-order valence-electron chi connectivity index (χ0n) is 10.1. The van der Waals surface area contributed by atoms with Gasteiger partial charge in [0.25, 0.3) is 0 Å². The second kappa shape index (κ2) is 7.45. The predicted molar refractivity (Wildman–Crippen MR) is 70.1 cm³/mol. The van der Waals surface area contributed by atoms with Gasteiger partial charge >= 0.3 is 0 Å². The van der Waals surface area contributed by atoms with Gasteiger partial charge in [-0.05, 0) is 6.42 Å². The molecule has 0 aliphatic carbocycles. The van der Waals surface area contributed by atoms with Gasteiger partial charge < -0.3 is 21.1 Å². The molecule has 1 rings (SSSR count). The monoisotopic (exact) mass is 237 g/mol. The minimum atomic E-state index is 0.520. The summed E-state index contributed by atoms with van der Waals surface area (Å²) in [6.07, 6.45) is 4.11. The van der Waals surface area contributed by atoms with E-state index in [0.29, 0.717) is 30.5 Å². The number of nitrogens with one attached hydrogen (secondary N) is 2. The zero-order valence-corrected chi connectivity index (χ0v) is 10.1. The fourth-order valence-corrected chi connectivity index (χ4v) is 1.27. The topological polar surface area (TPSA) is 85.1 Å². The Hall–Kier alpha value is -1.82. The first-order chi connectivity index (χ1) is 8.29. The predicted octanol–water partition coefficient (Wildman–Crippen LogP) is 1.11. The molecule has 1 aromatic rings. The van der Waals surface area contributed by atoms with Crippen molar-refractivity contribution in [3.8, 4) is 0 Å². The van der Waals surface area contributed by atoms with Crippen LogP contribution >= 0.6 is 0 Å². The highest BCUT2D eigenvalue weighted by Crippen LogP contribution is 2.21. The summed E-state index contributed by atoms with van der Waals surface area (Å²) in [6.45, 7) is 5.70. The number of nitrogens with two attached hydrogens (primary N) is 1. The Morgan fingerprint density at radius 2 is 2.12 bits per heavy atom. The maximum absolute atomic E-state index is 5.92. The lowest BCUT2D eigenvalue weighted by atomic mass is 10.4. The summed E-state index contributed by atoms with van der Waals surface area (Å²) in [4.78, 5) is 8.15. The molecule has 94 valence electrons. The Morgan fingerprint density at radius 3 is 2.76 bits per heavy atom. The quantitative estimate of drug-likeness (QED) is 0.464. The Balaban J connectivity index is 2.56. The number of rotatable bonds is 8. The van der Waals surface area contributed by atoms with Crippen LogP contribution in [-0.2, 0) is 4.74 Å². The highest BCUT2D eigenvalue weighted by atomic mass is 16.5. The molecule has 0 aromatic carbocycles. The lowest BCUT2D eigenvalue weighted by molar-refractivity contribution is 0.198. The molecule has 0 amide bonds. The Kier molecular flexibility index (Phi) is 5.81. The first-order valence-corrected chi connectivity index (χ1v) is 5.47. The summed E-state index contributed by atoms with van der Waals surface area (Å²) < 4.78 is 4.96. The lowest BCUT2D eigenvalue weighted by Crippen LogP contribution is -2.11. The van der Waals surface area contributed by atoms with Crippen molar-refractivity contribution in [1.29, 1.82) is 0 Å². The van der Waals surface area contributed by atoms with Gasteiger partial charge in [0.05, 0.1) is 0 Å². The summed E-state index contributed by atoms with van der Waals surface area (Å²) in [7, 11) is 1.68. The zero-order chi connectivity index (χ0) is 12.5. The molecular weight excluding hydrogens is 218 g/mol. The van der Waals surface area contributed by atoms with Crippen LogP contribution in [0.2, 0.25) is 0 Å². The van der Waals surface area contributed by atoms with Crippen LogP contribution in [0.1, 0.15) is 6.42 Å². The molecule has 0 radical (unpaired) electrons. The van der Waals surface area contributed by atoms with E-state index in [0.717, 1.165) is 13.0 Å². The Bertz CT molecular complexity index is 356. The number of ether oxygens (including phenoxy) is 1. The van der Waals surface area contributed by atoms with E-state index in [-0.39, 0.29) is 0 Å². The van der Waals surface area contributed by atoms with Crippen molar-refractivity contribution < 1.29 is 4.74 Å². The molecule has 4 N–H and O–H groups in total. The van der Waals surface area contributed by atoms with Gasteiger partial charge in [-0.2, -0.15) is 0 Å². The van der Waals surface area contributed by atoms with Crippen LogP contribution in [0.5, 0.6) is 0 Å². The van der Waals surface area contributed by atoms with Crippen LogP contribution in [0.15, 0.2) is 19.0 Å². The van der Waals surface area contributed by atoms with Crippen molar-refractivity contribution in [3.63, 3.8) is 0 Å². The summed E-state index contributed by atoms with van der Waals surface area (Å²) in [5.41, 5.74) is 6.44. The molecular formula is C11H19N5O. The molecule has 17 heavy (non-hydrogen) atoms. The van der Waals surface area contributed by atoms with Crippen molar-refractivity contribution in [3.05, 3.63) is 19.0 Å². The number of aromatic nitrogens is 2. The van der Waals surface area contributed by atoms with Crippen LogP contribution in [-0.4, -0.2) is 36.8 Å². The highest BCUT2D eigenvalue weighted by molar-refractivity contribution is 5.73. The number of nitrogen functional groups attached to an aromatic ring is 1.